The van der Waals surface area contributed by atoms with E-state index in [1.54, 1.807) is 19.4 Å². The minimum absolute atomic E-state index is 0.247. The molecule has 1 heterocycles. The summed E-state index contributed by atoms with van der Waals surface area (Å²) in [5.74, 6) is 2.91. The highest BCUT2D eigenvalue weighted by Gasteiger charge is 2.24. The van der Waals surface area contributed by atoms with Crippen LogP contribution in [0.4, 0.5) is 0 Å². The summed E-state index contributed by atoms with van der Waals surface area (Å²) in [4.78, 5) is 16.6. The van der Waals surface area contributed by atoms with Gasteiger partial charge >= 0.3 is 0 Å². The van der Waals surface area contributed by atoms with E-state index in [1.807, 2.05) is 37.3 Å². The number of benzene rings is 2. The number of hydrogen-bond acceptors (Lipinski definition) is 5. The summed E-state index contributed by atoms with van der Waals surface area (Å²) in [6.07, 6.45) is 5.09. The Morgan fingerprint density at radius 1 is 1.13 bits per heavy atom. The lowest BCUT2D eigenvalue weighted by Crippen LogP contribution is -2.05. The van der Waals surface area contributed by atoms with Gasteiger partial charge in [-0.3, -0.25) is 9.78 Å². The van der Waals surface area contributed by atoms with E-state index in [-0.39, 0.29) is 5.78 Å². The lowest BCUT2D eigenvalue weighted by atomic mass is 10.0. The lowest BCUT2D eigenvalue weighted by Gasteiger charge is -2.13. The number of ether oxygens (including phenoxy) is 3. The number of carbonyl (C=O) groups is 1. The van der Waals surface area contributed by atoms with Crippen molar-refractivity contribution >= 4 is 28.3 Å². The molecule has 162 valence electrons. The van der Waals surface area contributed by atoms with Crippen molar-refractivity contribution < 1.29 is 19.0 Å². The number of aromatic nitrogens is 1. The molecule has 5 nitrogen and oxygen atoms in total. The van der Waals surface area contributed by atoms with E-state index < -0.39 is 0 Å². The average molecular weight is 440 g/mol. The first-order valence-electron chi connectivity index (χ1n) is 10.5. The Morgan fingerprint density at radius 2 is 1.97 bits per heavy atom. The molecular weight excluding hydrogens is 414 g/mol. The zero-order valence-corrected chi connectivity index (χ0v) is 18.6. The zero-order valence-electron chi connectivity index (χ0n) is 17.8. The number of carbonyl (C=O) groups excluding carboxylic acids is 1. The summed E-state index contributed by atoms with van der Waals surface area (Å²) in [6.45, 7) is 2.99. The third-order valence-corrected chi connectivity index (χ3v) is 5.75. The summed E-state index contributed by atoms with van der Waals surface area (Å²) in [7, 11) is 1.65. The number of fused-ring (bicyclic) bond motifs is 1. The van der Waals surface area contributed by atoms with E-state index >= 15 is 0 Å². The van der Waals surface area contributed by atoms with Crippen LogP contribution in [0.3, 0.4) is 0 Å². The van der Waals surface area contributed by atoms with Gasteiger partial charge in [0.2, 0.25) is 0 Å². The molecule has 0 unspecified atom stereocenters. The number of ketones is 1. The number of halogens is 1. The van der Waals surface area contributed by atoms with Gasteiger partial charge in [-0.25, -0.2) is 0 Å². The maximum absolute atomic E-state index is 12.2. The van der Waals surface area contributed by atoms with Gasteiger partial charge in [0.15, 0.2) is 0 Å². The summed E-state index contributed by atoms with van der Waals surface area (Å²) < 4.78 is 17.0. The second kappa shape index (κ2) is 9.67. The molecule has 1 aromatic heterocycles. The predicted octanol–water partition coefficient (Wildman–Crippen LogP) is 5.93. The number of pyridine rings is 1. The van der Waals surface area contributed by atoms with Crippen LogP contribution in [0.25, 0.3) is 10.9 Å². The van der Waals surface area contributed by atoms with Gasteiger partial charge in [0, 0.05) is 42.6 Å². The number of nitrogens with zero attached hydrogens (tertiary/aromatic N) is 1. The monoisotopic (exact) mass is 439 g/mol. The highest BCUT2D eigenvalue weighted by atomic mass is 35.5. The van der Waals surface area contributed by atoms with Gasteiger partial charge in [-0.05, 0) is 61.1 Å². The topological polar surface area (TPSA) is 57.6 Å². The van der Waals surface area contributed by atoms with Gasteiger partial charge in [0.05, 0.1) is 12.1 Å². The molecule has 0 radical (unpaired) electrons. The van der Waals surface area contributed by atoms with Crippen molar-refractivity contribution in [3.05, 3.63) is 58.7 Å². The Labute approximate surface area is 187 Å². The molecule has 0 amide bonds. The van der Waals surface area contributed by atoms with Crippen molar-refractivity contribution in [3.63, 3.8) is 0 Å². The Kier molecular flexibility index (Phi) is 6.73. The van der Waals surface area contributed by atoms with Crippen molar-refractivity contribution in [2.24, 2.45) is 5.92 Å². The minimum atomic E-state index is 0.247. The number of aryl methyl sites for hydroxylation is 1. The van der Waals surface area contributed by atoms with Crippen LogP contribution in [0.5, 0.6) is 17.2 Å². The van der Waals surface area contributed by atoms with Crippen molar-refractivity contribution in [2.45, 2.75) is 32.6 Å². The van der Waals surface area contributed by atoms with Crippen LogP contribution in [0, 0.1) is 12.8 Å². The first kappa shape index (κ1) is 21.6. The largest absolute Gasteiger partial charge is 0.491 e. The number of Topliss-reactive ketones (excluding diaryl/α,β-unsaturated/α-hetero) is 1. The molecule has 6 heteroatoms. The summed E-state index contributed by atoms with van der Waals surface area (Å²) in [5, 5.41) is 1.43. The highest BCUT2D eigenvalue weighted by Crippen LogP contribution is 2.35. The fraction of sp³-hybridized carbons (Fsp3) is 0.360. The normalized spacial score (nSPS) is 13.4. The van der Waals surface area contributed by atoms with Gasteiger partial charge in [0.1, 0.15) is 29.6 Å². The molecule has 0 bridgehead atoms. The molecule has 0 saturated heterocycles. The first-order valence-corrected chi connectivity index (χ1v) is 10.9. The molecule has 4 rings (SSSR count). The van der Waals surface area contributed by atoms with E-state index in [0.717, 1.165) is 27.8 Å². The van der Waals surface area contributed by atoms with Crippen LogP contribution < -0.4 is 9.47 Å². The smallest absolute Gasteiger partial charge is 0.138 e. The van der Waals surface area contributed by atoms with Gasteiger partial charge < -0.3 is 14.2 Å². The van der Waals surface area contributed by atoms with Crippen LogP contribution >= 0.6 is 11.6 Å². The predicted molar refractivity (Wildman–Crippen MR) is 121 cm³/mol. The van der Waals surface area contributed by atoms with Crippen molar-refractivity contribution in [1.29, 1.82) is 0 Å². The molecule has 0 N–H and O–H groups in total. The average Bonchev–Trinajstić information content (AvgIpc) is 3.55. The highest BCUT2D eigenvalue weighted by molar-refractivity contribution is 6.31. The molecule has 1 saturated carbocycles. The van der Waals surface area contributed by atoms with Gasteiger partial charge in [-0.2, -0.15) is 0 Å². The zero-order chi connectivity index (χ0) is 21.8. The molecule has 0 atom stereocenters. The number of rotatable bonds is 10. The quantitative estimate of drug-likeness (QED) is 0.366. The molecule has 1 aliphatic rings. The Balaban J connectivity index is 1.51. The molecule has 0 spiro atoms. The van der Waals surface area contributed by atoms with E-state index in [0.29, 0.717) is 48.5 Å². The van der Waals surface area contributed by atoms with Crippen molar-refractivity contribution in [2.75, 3.05) is 20.3 Å². The number of hydrogen-bond donors (Lipinski definition) is 0. The van der Waals surface area contributed by atoms with Crippen LogP contribution in [-0.2, 0) is 16.0 Å². The third kappa shape index (κ3) is 5.54. The lowest BCUT2D eigenvalue weighted by molar-refractivity contribution is -0.118. The molecule has 3 aromatic rings. The molecule has 31 heavy (non-hydrogen) atoms. The SMILES string of the molecule is COCCOc1cc2nccc(Oc3ccc(CC(=O)CC4CC4)c(Cl)c3)c2cc1C. The molecule has 1 fully saturated rings. The molecular formula is C25H26ClNO4. The van der Waals surface area contributed by atoms with Crippen LogP contribution in [0.1, 0.15) is 30.4 Å². The molecule has 0 aliphatic heterocycles. The maximum Gasteiger partial charge on any atom is 0.138 e. The number of methoxy groups -OCH3 is 1. The Bertz CT molecular complexity index is 1090. The van der Waals surface area contributed by atoms with Gasteiger partial charge in [0.25, 0.3) is 0 Å². The van der Waals surface area contributed by atoms with E-state index in [2.05, 4.69) is 4.98 Å². The Morgan fingerprint density at radius 3 is 2.71 bits per heavy atom. The summed E-state index contributed by atoms with van der Waals surface area (Å²) >= 11 is 6.45. The fourth-order valence-electron chi connectivity index (χ4n) is 3.53. The summed E-state index contributed by atoms with van der Waals surface area (Å²) in [6, 6.07) is 11.2. The minimum Gasteiger partial charge on any atom is -0.491 e. The van der Waals surface area contributed by atoms with E-state index in [1.165, 1.54) is 12.8 Å². The maximum atomic E-state index is 12.2. The van der Waals surface area contributed by atoms with Gasteiger partial charge in [-0.15, -0.1) is 0 Å². The van der Waals surface area contributed by atoms with Crippen LogP contribution in [-0.4, -0.2) is 31.1 Å². The molecule has 1 aliphatic carbocycles. The van der Waals surface area contributed by atoms with Crippen molar-refractivity contribution in [3.8, 4) is 17.2 Å². The second-order valence-electron chi connectivity index (χ2n) is 8.00. The third-order valence-electron chi connectivity index (χ3n) is 5.40. The molecule has 2 aromatic carbocycles. The van der Waals surface area contributed by atoms with Gasteiger partial charge in [-0.1, -0.05) is 17.7 Å². The van der Waals surface area contributed by atoms with Crippen molar-refractivity contribution in [1.82, 2.24) is 4.98 Å². The van der Waals surface area contributed by atoms with Crippen LogP contribution in [0.2, 0.25) is 5.02 Å². The standard InChI is InChI=1S/C25H26ClNO4/c1-16-11-21-23(15-25(16)30-10-9-29-2)27-8-7-24(21)31-20-6-5-18(22(26)14-20)13-19(28)12-17-3-4-17/h5-8,11,14-15,17H,3-4,9-10,12-13H2,1-2H3. The summed E-state index contributed by atoms with van der Waals surface area (Å²) in [5.41, 5.74) is 2.61. The first-order chi connectivity index (χ1) is 15.0. The van der Waals surface area contributed by atoms with Crippen LogP contribution in [0.15, 0.2) is 42.6 Å². The van der Waals surface area contributed by atoms with E-state index in [9.17, 15) is 4.79 Å². The van der Waals surface area contributed by atoms with E-state index in [4.69, 9.17) is 25.8 Å². The second-order valence-corrected chi connectivity index (χ2v) is 8.41. The fourth-order valence-corrected chi connectivity index (χ4v) is 3.76. The Hall–Kier alpha value is -2.63.